The molecule has 1 rings (SSSR count). The van der Waals surface area contributed by atoms with Crippen LogP contribution >= 0.6 is 0 Å². The largest absolute Gasteiger partial charge is 0.394 e. The lowest BCUT2D eigenvalue weighted by Gasteiger charge is -2.42. The van der Waals surface area contributed by atoms with Crippen LogP contribution in [0, 0.1) is 0 Å². The zero-order chi connectivity index (χ0) is 18.4. The molecule has 0 aromatic heterocycles. The summed E-state index contributed by atoms with van der Waals surface area (Å²) in [6.07, 6.45) is -13.3. The molecule has 0 aromatic rings. The van der Waals surface area contributed by atoms with E-state index in [-0.39, 0.29) is 0 Å². The van der Waals surface area contributed by atoms with Gasteiger partial charge in [-0.15, -0.1) is 0 Å². The second kappa shape index (κ2) is 9.89. The molecule has 1 fully saturated rings. The quantitative estimate of drug-likeness (QED) is 0.185. The minimum Gasteiger partial charge on any atom is -0.394 e. The highest BCUT2D eigenvalue weighted by Gasteiger charge is 2.46. The molecule has 0 amide bonds. The van der Waals surface area contributed by atoms with E-state index in [1.54, 1.807) is 0 Å². The number of hydrogen-bond acceptors (Lipinski definition) is 11. The predicted octanol–water partition coefficient (Wildman–Crippen LogP) is -4.76. The van der Waals surface area contributed by atoms with Gasteiger partial charge in [0.05, 0.1) is 19.8 Å². The summed E-state index contributed by atoms with van der Waals surface area (Å²) in [7, 11) is 0. The third-order valence-corrected chi connectivity index (χ3v) is 3.63. The Kier molecular flexibility index (Phi) is 8.90. The van der Waals surface area contributed by atoms with E-state index >= 15 is 0 Å². The highest BCUT2D eigenvalue weighted by Crippen LogP contribution is 2.25. The highest BCUT2D eigenvalue weighted by atomic mass is 16.7. The smallest absolute Gasteiger partial charge is 0.184 e. The Hall–Kier alpha value is -0.440. The van der Waals surface area contributed by atoms with Gasteiger partial charge >= 0.3 is 0 Å². The summed E-state index contributed by atoms with van der Waals surface area (Å²) in [6.45, 7) is -0.805. The second-order valence-electron chi connectivity index (χ2n) is 5.55. The average molecular weight is 358 g/mol. The molecule has 0 aromatic carbocycles. The first kappa shape index (κ1) is 21.6. The first-order valence-electron chi connectivity index (χ1n) is 7.46. The van der Waals surface area contributed by atoms with Crippen molar-refractivity contribution < 1.29 is 55.1 Å². The van der Waals surface area contributed by atoms with Gasteiger partial charge in [0.15, 0.2) is 12.6 Å². The molecule has 11 nitrogen and oxygen atoms in total. The van der Waals surface area contributed by atoms with Crippen LogP contribution in [-0.4, -0.2) is 116 Å². The van der Waals surface area contributed by atoms with Crippen LogP contribution in [0.4, 0.5) is 0 Å². The summed E-state index contributed by atoms with van der Waals surface area (Å²) in [4.78, 5) is 0. The topological polar surface area (TPSA) is 190 Å². The molecule has 8 N–H and O–H groups in total. The van der Waals surface area contributed by atoms with Crippen LogP contribution < -0.4 is 0 Å². The van der Waals surface area contributed by atoms with E-state index in [0.717, 1.165) is 0 Å². The number of aliphatic hydroxyl groups excluding tert-OH is 8. The molecule has 9 atom stereocenters. The van der Waals surface area contributed by atoms with E-state index in [1.807, 2.05) is 0 Å². The molecule has 4 unspecified atom stereocenters. The molecule has 1 saturated heterocycles. The summed E-state index contributed by atoms with van der Waals surface area (Å²) in [5.41, 5.74) is 0. The molecule has 1 aliphatic rings. The van der Waals surface area contributed by atoms with E-state index < -0.39 is 75.1 Å². The third-order valence-electron chi connectivity index (χ3n) is 3.63. The van der Waals surface area contributed by atoms with Crippen molar-refractivity contribution in [1.82, 2.24) is 0 Å². The van der Waals surface area contributed by atoms with Crippen molar-refractivity contribution in [2.75, 3.05) is 19.8 Å². The fraction of sp³-hybridized carbons (Fsp3) is 1.00. The maximum absolute atomic E-state index is 9.98. The second-order valence-corrected chi connectivity index (χ2v) is 5.55. The Morgan fingerprint density at radius 1 is 1.00 bits per heavy atom. The third kappa shape index (κ3) is 5.28. The van der Waals surface area contributed by atoms with Crippen molar-refractivity contribution in [3.63, 3.8) is 0 Å². The first-order valence-corrected chi connectivity index (χ1v) is 7.46. The van der Waals surface area contributed by atoms with Gasteiger partial charge in [0.1, 0.15) is 42.7 Å². The number of ether oxygens (including phenoxy) is 3. The Bertz CT molecular complexity index is 353. The van der Waals surface area contributed by atoms with Crippen LogP contribution in [0.5, 0.6) is 0 Å². The maximum atomic E-state index is 9.98. The number of hydrogen-bond donors (Lipinski definition) is 8. The zero-order valence-electron chi connectivity index (χ0n) is 13.1. The summed E-state index contributed by atoms with van der Waals surface area (Å²) < 4.78 is 15.4. The van der Waals surface area contributed by atoms with Gasteiger partial charge in [-0.3, -0.25) is 0 Å². The first-order chi connectivity index (χ1) is 11.3. The molecule has 0 spiro atoms. The van der Waals surface area contributed by atoms with Gasteiger partial charge in [0.2, 0.25) is 0 Å². The van der Waals surface area contributed by atoms with E-state index in [0.29, 0.717) is 0 Å². The molecule has 24 heavy (non-hydrogen) atoms. The molecule has 0 radical (unpaired) electrons. The van der Waals surface area contributed by atoms with Crippen molar-refractivity contribution in [2.24, 2.45) is 0 Å². The molecule has 0 bridgehead atoms. The lowest BCUT2D eigenvalue weighted by atomic mass is 9.99. The Balaban J connectivity index is 2.85. The van der Waals surface area contributed by atoms with Crippen LogP contribution in [-0.2, 0) is 14.2 Å². The molecule has 144 valence electrons. The highest BCUT2D eigenvalue weighted by molar-refractivity contribution is 4.90. The van der Waals surface area contributed by atoms with Crippen molar-refractivity contribution >= 4 is 0 Å². The van der Waals surface area contributed by atoms with Crippen molar-refractivity contribution in [3.8, 4) is 0 Å². The molecular formula is C13H26O11. The van der Waals surface area contributed by atoms with Gasteiger partial charge in [-0.25, -0.2) is 0 Å². The van der Waals surface area contributed by atoms with E-state index in [4.69, 9.17) is 19.3 Å². The van der Waals surface area contributed by atoms with Gasteiger partial charge in [-0.2, -0.15) is 0 Å². The van der Waals surface area contributed by atoms with Crippen molar-refractivity contribution in [2.45, 2.75) is 62.2 Å². The molecular weight excluding hydrogens is 332 g/mol. The monoisotopic (exact) mass is 358 g/mol. The van der Waals surface area contributed by atoms with Gasteiger partial charge in [0, 0.05) is 0 Å². The molecule has 11 heteroatoms. The normalized spacial score (nSPS) is 36.1. The Morgan fingerprint density at radius 3 is 2.08 bits per heavy atom. The number of rotatable bonds is 9. The Morgan fingerprint density at radius 2 is 1.62 bits per heavy atom. The molecule has 1 aliphatic heterocycles. The van der Waals surface area contributed by atoms with Gasteiger partial charge < -0.3 is 55.1 Å². The fourth-order valence-corrected chi connectivity index (χ4v) is 2.19. The van der Waals surface area contributed by atoms with Gasteiger partial charge in [-0.1, -0.05) is 0 Å². The lowest BCUT2D eigenvalue weighted by molar-refractivity contribution is -0.333. The average Bonchev–Trinajstić information content (AvgIpc) is 2.56. The maximum Gasteiger partial charge on any atom is 0.184 e. The Labute approximate surface area is 138 Å². The fourth-order valence-electron chi connectivity index (χ4n) is 2.19. The molecule has 0 aliphatic carbocycles. The minimum absolute atomic E-state index is 0.666. The number of aliphatic hydroxyl groups is 8. The van der Waals surface area contributed by atoms with Crippen LogP contribution in [0.25, 0.3) is 0 Å². The standard InChI is InChI=1S/C13H26O11/c1-5(17)13(23-7(3-15)6(18)2-14)24-11-8(4-16)22-12(21)10(20)9(11)19/h5-21H,2-4H2,1H3/t5-,6+,7?,8-,9?,10?,11+,12?,13-/m0/s1. The van der Waals surface area contributed by atoms with Gasteiger partial charge in [-0.05, 0) is 6.92 Å². The van der Waals surface area contributed by atoms with Crippen molar-refractivity contribution in [3.05, 3.63) is 0 Å². The summed E-state index contributed by atoms with van der Waals surface area (Å²) in [5.74, 6) is 0. The lowest BCUT2D eigenvalue weighted by Crippen LogP contribution is -2.61. The van der Waals surface area contributed by atoms with E-state index in [2.05, 4.69) is 0 Å². The van der Waals surface area contributed by atoms with Gasteiger partial charge in [0.25, 0.3) is 0 Å². The van der Waals surface area contributed by atoms with Crippen LogP contribution in [0.2, 0.25) is 0 Å². The van der Waals surface area contributed by atoms with Crippen LogP contribution in [0.1, 0.15) is 6.92 Å². The zero-order valence-corrected chi connectivity index (χ0v) is 13.1. The summed E-state index contributed by atoms with van der Waals surface area (Å²) >= 11 is 0. The summed E-state index contributed by atoms with van der Waals surface area (Å²) in [6, 6.07) is 0. The van der Waals surface area contributed by atoms with Crippen LogP contribution in [0.15, 0.2) is 0 Å². The molecule has 1 heterocycles. The van der Waals surface area contributed by atoms with E-state index in [1.165, 1.54) is 6.92 Å². The summed E-state index contributed by atoms with van der Waals surface area (Å²) in [5, 5.41) is 75.6. The predicted molar refractivity (Wildman–Crippen MR) is 75.4 cm³/mol. The van der Waals surface area contributed by atoms with E-state index in [9.17, 15) is 35.7 Å². The van der Waals surface area contributed by atoms with Crippen LogP contribution in [0.3, 0.4) is 0 Å². The SMILES string of the molecule is C[C@H](O)[C@@H](OC(CO)[C@H](O)CO)O[C@H]1C(O)C(O)C(O)O[C@H]1CO. The minimum atomic E-state index is -1.73. The molecule has 0 saturated carbocycles. The van der Waals surface area contributed by atoms with Crippen molar-refractivity contribution in [1.29, 1.82) is 0 Å².